The summed E-state index contributed by atoms with van der Waals surface area (Å²) in [6.07, 6.45) is 6.89. The Labute approximate surface area is 201 Å². The van der Waals surface area contributed by atoms with E-state index in [1.54, 1.807) is 30.6 Å². The third-order valence-electron chi connectivity index (χ3n) is 5.90. The van der Waals surface area contributed by atoms with E-state index < -0.39 is 5.92 Å². The van der Waals surface area contributed by atoms with Gasteiger partial charge in [0.05, 0.1) is 17.8 Å². The lowest BCUT2D eigenvalue weighted by Crippen LogP contribution is -2.30. The first-order valence-electron chi connectivity index (χ1n) is 11.2. The lowest BCUT2D eigenvalue weighted by Gasteiger charge is -2.14. The van der Waals surface area contributed by atoms with E-state index >= 15 is 0 Å². The van der Waals surface area contributed by atoms with Gasteiger partial charge in [0.25, 0.3) is 0 Å². The number of carbonyl (C=O) groups is 1. The molecule has 1 amide bonds. The summed E-state index contributed by atoms with van der Waals surface area (Å²) in [5.41, 5.74) is 4.91. The number of aromatic nitrogens is 3. The Hall–Kier alpha value is -4.53. The second-order valence-corrected chi connectivity index (χ2v) is 8.38. The molecule has 1 aliphatic heterocycles. The molecule has 0 saturated carbocycles. The minimum atomic E-state index is -0.635. The Morgan fingerprint density at radius 3 is 2.60 bits per heavy atom. The molecule has 8 nitrogen and oxygen atoms in total. The van der Waals surface area contributed by atoms with Gasteiger partial charge >= 0.3 is 0 Å². The number of nitrogens with one attached hydrogen (secondary N) is 5. The fraction of sp³-hybridized carbons (Fsp3) is 0.154. The van der Waals surface area contributed by atoms with Crippen molar-refractivity contribution in [3.63, 3.8) is 0 Å². The maximum absolute atomic E-state index is 13.5. The van der Waals surface area contributed by atoms with E-state index in [1.807, 2.05) is 31.3 Å². The van der Waals surface area contributed by atoms with Crippen molar-refractivity contribution in [1.29, 1.82) is 5.41 Å². The van der Waals surface area contributed by atoms with Crippen LogP contribution in [0.15, 0.2) is 72.8 Å². The number of allylic oxidation sites excluding steroid dienone is 1. The van der Waals surface area contributed by atoms with E-state index in [0.29, 0.717) is 17.9 Å². The Kier molecular flexibility index (Phi) is 5.97. The summed E-state index contributed by atoms with van der Waals surface area (Å²) in [6, 6.07) is 13.7. The second kappa shape index (κ2) is 9.38. The van der Waals surface area contributed by atoms with Crippen LogP contribution in [0.3, 0.4) is 0 Å². The van der Waals surface area contributed by atoms with Gasteiger partial charge in [0, 0.05) is 47.9 Å². The monoisotopic (exact) mass is 469 g/mol. The Bertz CT molecular complexity index is 1410. The van der Waals surface area contributed by atoms with Crippen molar-refractivity contribution in [2.24, 2.45) is 5.92 Å². The molecule has 0 unspecified atom stereocenters. The van der Waals surface area contributed by atoms with Gasteiger partial charge in [0.15, 0.2) is 0 Å². The average Bonchev–Trinajstić information content (AvgIpc) is 3.46. The van der Waals surface area contributed by atoms with Crippen molar-refractivity contribution in [1.82, 2.24) is 25.6 Å². The zero-order chi connectivity index (χ0) is 24.4. The van der Waals surface area contributed by atoms with Crippen LogP contribution in [0, 0.1) is 17.1 Å². The van der Waals surface area contributed by atoms with Crippen LogP contribution in [0.25, 0.3) is 33.4 Å². The van der Waals surface area contributed by atoms with Crippen molar-refractivity contribution >= 4 is 29.0 Å². The molecule has 5 rings (SSSR count). The smallest absolute Gasteiger partial charge is 0.234 e. The summed E-state index contributed by atoms with van der Waals surface area (Å²) < 4.78 is 13.5. The molecule has 1 aromatic carbocycles. The molecule has 9 heteroatoms. The minimum Gasteiger partial charge on any atom is -0.370 e. The molecular weight excluding hydrogens is 445 g/mol. The number of H-pyrrole nitrogens is 1. The van der Waals surface area contributed by atoms with Crippen molar-refractivity contribution < 1.29 is 9.18 Å². The number of halogens is 1. The number of hydrogen-bond acceptors (Lipinski definition) is 6. The summed E-state index contributed by atoms with van der Waals surface area (Å²) in [4.78, 5) is 24.9. The first-order chi connectivity index (χ1) is 17.0. The number of fused-ring (bicyclic) bond motifs is 1. The number of amides is 1. The number of rotatable bonds is 7. The minimum absolute atomic E-state index is 0.0984. The third-order valence-corrected chi connectivity index (χ3v) is 5.90. The van der Waals surface area contributed by atoms with Crippen molar-refractivity contribution in [3.05, 3.63) is 78.6 Å². The van der Waals surface area contributed by atoms with E-state index in [2.05, 4.69) is 30.9 Å². The number of anilines is 1. The van der Waals surface area contributed by atoms with E-state index in [4.69, 9.17) is 5.41 Å². The van der Waals surface area contributed by atoms with Crippen LogP contribution in [0.4, 0.5) is 10.2 Å². The molecule has 4 aromatic rings. The predicted molar refractivity (Wildman–Crippen MR) is 134 cm³/mol. The number of aromatic amines is 1. The fourth-order valence-corrected chi connectivity index (χ4v) is 4.18. The number of benzene rings is 1. The summed E-state index contributed by atoms with van der Waals surface area (Å²) in [5.74, 6) is -0.881. The van der Waals surface area contributed by atoms with Gasteiger partial charge in [-0.25, -0.2) is 9.37 Å². The lowest BCUT2D eigenvalue weighted by atomic mass is 10.00. The molecular formula is C26H24FN7O. The molecule has 0 radical (unpaired) electrons. The van der Waals surface area contributed by atoms with Gasteiger partial charge in [-0.05, 0) is 66.6 Å². The highest BCUT2D eigenvalue weighted by Crippen LogP contribution is 2.38. The van der Waals surface area contributed by atoms with Crippen molar-refractivity contribution in [2.75, 3.05) is 5.32 Å². The lowest BCUT2D eigenvalue weighted by molar-refractivity contribution is -0.117. The van der Waals surface area contributed by atoms with Gasteiger partial charge in [-0.1, -0.05) is 0 Å². The molecule has 2 atom stereocenters. The van der Waals surface area contributed by atoms with Gasteiger partial charge in [-0.2, -0.15) is 0 Å². The topological polar surface area (TPSA) is 119 Å². The molecule has 0 aliphatic carbocycles. The van der Waals surface area contributed by atoms with Crippen molar-refractivity contribution in [3.8, 4) is 22.4 Å². The number of hydrogen-bond donors (Lipinski definition) is 5. The number of nitrogens with zero attached hydrogens (tertiary/aromatic N) is 2. The molecule has 0 saturated heterocycles. The Morgan fingerprint density at radius 2 is 1.91 bits per heavy atom. The zero-order valence-electron chi connectivity index (χ0n) is 19.0. The number of pyridine rings is 2. The molecule has 1 aliphatic rings. The number of carbonyl (C=O) groups excluding carboxylic acids is 1. The fourth-order valence-electron chi connectivity index (χ4n) is 4.18. The first-order valence-corrected chi connectivity index (χ1v) is 11.2. The van der Waals surface area contributed by atoms with Crippen LogP contribution in [0.1, 0.15) is 13.3 Å². The molecule has 4 heterocycles. The van der Waals surface area contributed by atoms with Gasteiger partial charge in [-0.15, -0.1) is 0 Å². The van der Waals surface area contributed by atoms with E-state index in [0.717, 1.165) is 39.7 Å². The second-order valence-electron chi connectivity index (χ2n) is 8.38. The molecule has 0 bridgehead atoms. The molecule has 5 N–H and O–H groups in total. The van der Waals surface area contributed by atoms with Gasteiger partial charge in [-0.3, -0.25) is 9.78 Å². The van der Waals surface area contributed by atoms with Crippen molar-refractivity contribution in [2.45, 2.75) is 19.5 Å². The van der Waals surface area contributed by atoms with Crippen LogP contribution in [-0.2, 0) is 4.79 Å². The first kappa shape index (κ1) is 22.3. The Balaban J connectivity index is 1.47. The summed E-state index contributed by atoms with van der Waals surface area (Å²) in [5, 5.41) is 17.8. The SMILES string of the molecule is C[C@@H]1NC=C(C[C@H](C=N)C(=O)Nc2ccc3c(-c4ccncc4)c(-c4ccc(F)cc4)[nH]c3n2)N1. The predicted octanol–water partition coefficient (Wildman–Crippen LogP) is 4.41. The quantitative estimate of drug-likeness (QED) is 0.257. The zero-order valence-corrected chi connectivity index (χ0v) is 19.0. The molecule has 0 spiro atoms. The van der Waals surface area contributed by atoms with Crippen LogP contribution in [0.5, 0.6) is 0 Å². The van der Waals surface area contributed by atoms with E-state index in [9.17, 15) is 9.18 Å². The molecule has 3 aromatic heterocycles. The van der Waals surface area contributed by atoms with Gasteiger partial charge in [0.1, 0.15) is 17.3 Å². The molecule has 176 valence electrons. The standard InChI is InChI=1S/C26H24FN7O/c1-15-30-14-20(31-15)12-18(13-28)26(35)33-22-7-6-21-23(16-8-10-29-11-9-16)24(34-25(21)32-22)17-2-4-19(27)5-3-17/h2-11,13-15,18,28,30-31H,12H2,1H3,(H2,32,33,34,35)/t15-,18-/m1/s1. The normalized spacial score (nSPS) is 15.7. The van der Waals surface area contributed by atoms with Crippen LogP contribution in [-0.4, -0.2) is 33.2 Å². The highest BCUT2D eigenvalue weighted by Gasteiger charge is 2.22. The summed E-state index contributed by atoms with van der Waals surface area (Å²) in [6.45, 7) is 1.97. The highest BCUT2D eigenvalue weighted by molar-refractivity contribution is 6.04. The Morgan fingerprint density at radius 1 is 1.14 bits per heavy atom. The largest absolute Gasteiger partial charge is 0.370 e. The third kappa shape index (κ3) is 4.61. The highest BCUT2D eigenvalue weighted by atomic mass is 19.1. The molecule has 35 heavy (non-hydrogen) atoms. The summed E-state index contributed by atoms with van der Waals surface area (Å²) >= 11 is 0. The van der Waals surface area contributed by atoms with Crippen LogP contribution in [0.2, 0.25) is 0 Å². The van der Waals surface area contributed by atoms with Crippen LogP contribution < -0.4 is 16.0 Å². The average molecular weight is 470 g/mol. The maximum Gasteiger partial charge on any atom is 0.234 e. The van der Waals surface area contributed by atoms with Gasteiger partial charge in [0.2, 0.25) is 5.91 Å². The van der Waals surface area contributed by atoms with Crippen LogP contribution >= 0.6 is 0 Å². The van der Waals surface area contributed by atoms with E-state index in [-0.39, 0.29) is 17.9 Å². The maximum atomic E-state index is 13.5. The van der Waals surface area contributed by atoms with Gasteiger partial charge < -0.3 is 26.3 Å². The van der Waals surface area contributed by atoms with E-state index in [1.165, 1.54) is 12.1 Å². The summed E-state index contributed by atoms with van der Waals surface area (Å²) in [7, 11) is 0. The molecule has 0 fully saturated rings.